The Hall–Kier alpha value is -3.57. The highest BCUT2D eigenvalue weighted by atomic mass is 35.5. The van der Waals surface area contributed by atoms with Crippen LogP contribution in [0.5, 0.6) is 5.75 Å². The number of halogens is 1. The molecule has 6 heteroatoms. The average molecular weight is 445 g/mol. The predicted molar refractivity (Wildman–Crippen MR) is 125 cm³/mol. The van der Waals surface area contributed by atoms with Crippen LogP contribution in [0.15, 0.2) is 72.5 Å². The van der Waals surface area contributed by atoms with Crippen LogP contribution in [0.1, 0.15) is 45.9 Å². The Morgan fingerprint density at radius 2 is 1.91 bits per heavy atom. The van der Waals surface area contributed by atoms with Crippen molar-refractivity contribution >= 4 is 35.2 Å². The molecule has 32 heavy (non-hydrogen) atoms. The van der Waals surface area contributed by atoms with Crippen molar-refractivity contribution in [3.8, 4) is 5.75 Å². The highest BCUT2D eigenvalue weighted by molar-refractivity contribution is 6.30. The minimum Gasteiger partial charge on any atom is -0.449 e. The molecular formula is C26H21ClN2O3. The molecule has 160 valence electrons. The average Bonchev–Trinajstić information content (AvgIpc) is 2.81. The van der Waals surface area contributed by atoms with Crippen molar-refractivity contribution in [1.82, 2.24) is 5.32 Å². The Kier molecular flexibility index (Phi) is 5.41. The molecule has 0 saturated carbocycles. The van der Waals surface area contributed by atoms with Gasteiger partial charge in [-0.15, -0.1) is 0 Å². The molecule has 2 N–H and O–H groups in total. The number of ether oxygens (including phenoxy) is 1. The summed E-state index contributed by atoms with van der Waals surface area (Å²) in [5.74, 6) is 0.123. The topological polar surface area (TPSA) is 67.4 Å². The van der Waals surface area contributed by atoms with Crippen LogP contribution in [-0.4, -0.2) is 11.8 Å². The number of nitrogens with one attached hydrogen (secondary N) is 2. The number of carbonyl (C=O) groups excluding carboxylic acids is 2. The molecule has 0 bridgehead atoms. The van der Waals surface area contributed by atoms with Gasteiger partial charge in [-0.25, -0.2) is 0 Å². The fourth-order valence-corrected chi connectivity index (χ4v) is 4.28. The number of hydrogen-bond acceptors (Lipinski definition) is 3. The van der Waals surface area contributed by atoms with E-state index in [0.29, 0.717) is 22.0 Å². The molecule has 3 aromatic rings. The summed E-state index contributed by atoms with van der Waals surface area (Å²) in [6.07, 6.45) is 4.64. The van der Waals surface area contributed by atoms with E-state index in [4.69, 9.17) is 16.3 Å². The van der Waals surface area contributed by atoms with Gasteiger partial charge in [0.1, 0.15) is 0 Å². The van der Waals surface area contributed by atoms with Gasteiger partial charge in [0.25, 0.3) is 11.8 Å². The number of benzene rings is 3. The maximum Gasteiger partial charge on any atom is 0.291 e. The van der Waals surface area contributed by atoms with Gasteiger partial charge in [0, 0.05) is 10.6 Å². The smallest absolute Gasteiger partial charge is 0.291 e. The normalized spacial score (nSPS) is 18.2. The molecule has 0 radical (unpaired) electrons. The second-order valence-corrected chi connectivity index (χ2v) is 8.38. The summed E-state index contributed by atoms with van der Waals surface area (Å²) in [5.41, 5.74) is 4.21. The predicted octanol–water partition coefficient (Wildman–Crippen LogP) is 5.52. The Morgan fingerprint density at radius 1 is 1.09 bits per heavy atom. The Labute approximate surface area is 191 Å². The molecule has 2 amide bonds. The summed E-state index contributed by atoms with van der Waals surface area (Å²) in [7, 11) is 0. The van der Waals surface area contributed by atoms with E-state index in [1.165, 1.54) is 11.1 Å². The maximum atomic E-state index is 12.9. The molecule has 0 fully saturated rings. The zero-order chi connectivity index (χ0) is 22.1. The van der Waals surface area contributed by atoms with Gasteiger partial charge in [0.2, 0.25) is 0 Å². The Balaban J connectivity index is 1.34. The van der Waals surface area contributed by atoms with Crippen LogP contribution in [0.2, 0.25) is 5.02 Å². The minimum atomic E-state index is -0.369. The zero-order valence-electron chi connectivity index (χ0n) is 17.2. The van der Waals surface area contributed by atoms with E-state index in [-0.39, 0.29) is 23.6 Å². The van der Waals surface area contributed by atoms with Crippen molar-refractivity contribution in [2.24, 2.45) is 0 Å². The highest BCUT2D eigenvalue weighted by Gasteiger charge is 2.25. The van der Waals surface area contributed by atoms with Gasteiger partial charge in [-0.3, -0.25) is 9.59 Å². The zero-order valence-corrected chi connectivity index (χ0v) is 18.0. The molecule has 1 aliphatic carbocycles. The molecule has 1 aliphatic heterocycles. The Bertz CT molecular complexity index is 1230. The molecule has 0 saturated heterocycles. The van der Waals surface area contributed by atoms with Gasteiger partial charge >= 0.3 is 0 Å². The van der Waals surface area contributed by atoms with Crippen LogP contribution in [-0.2, 0) is 11.2 Å². The summed E-state index contributed by atoms with van der Waals surface area (Å²) >= 11 is 5.91. The van der Waals surface area contributed by atoms with E-state index in [0.717, 1.165) is 24.8 Å². The van der Waals surface area contributed by atoms with Crippen LogP contribution in [0.25, 0.3) is 6.08 Å². The van der Waals surface area contributed by atoms with Crippen LogP contribution < -0.4 is 15.4 Å². The summed E-state index contributed by atoms with van der Waals surface area (Å²) in [6, 6.07) is 20.4. The van der Waals surface area contributed by atoms with Crippen molar-refractivity contribution in [2.45, 2.75) is 25.3 Å². The molecule has 2 aliphatic rings. The van der Waals surface area contributed by atoms with Crippen molar-refractivity contribution < 1.29 is 14.3 Å². The Morgan fingerprint density at radius 3 is 2.75 bits per heavy atom. The number of hydrogen-bond donors (Lipinski definition) is 2. The molecule has 1 atom stereocenters. The summed E-state index contributed by atoms with van der Waals surface area (Å²) in [5, 5.41) is 6.58. The van der Waals surface area contributed by atoms with Gasteiger partial charge < -0.3 is 15.4 Å². The van der Waals surface area contributed by atoms with E-state index in [1.807, 2.05) is 12.1 Å². The standard InChI is InChI=1S/C26H21ClN2O3/c27-19-11-8-16(9-12-19)14-24-26(31)29-22-15-18(10-13-23(22)32-24)25(30)28-21-7-3-5-17-4-1-2-6-20(17)21/h1-2,4,6,8-15,21H,3,5,7H2,(H,28,30)(H,29,31). The van der Waals surface area contributed by atoms with Gasteiger partial charge in [-0.1, -0.05) is 48.0 Å². The third kappa shape index (κ3) is 4.12. The van der Waals surface area contributed by atoms with E-state index in [2.05, 4.69) is 22.8 Å². The molecule has 3 aromatic carbocycles. The molecule has 5 rings (SSSR count). The van der Waals surface area contributed by atoms with Gasteiger partial charge in [-0.05, 0) is 72.4 Å². The van der Waals surface area contributed by atoms with Crippen LogP contribution in [0.3, 0.4) is 0 Å². The lowest BCUT2D eigenvalue weighted by Crippen LogP contribution is -2.31. The number of fused-ring (bicyclic) bond motifs is 2. The van der Waals surface area contributed by atoms with Crippen LogP contribution >= 0.6 is 11.6 Å². The molecule has 0 spiro atoms. The monoisotopic (exact) mass is 444 g/mol. The summed E-state index contributed by atoms with van der Waals surface area (Å²) in [6.45, 7) is 0. The third-order valence-corrected chi connectivity index (χ3v) is 6.03. The number of anilines is 1. The van der Waals surface area contributed by atoms with Gasteiger partial charge in [0.05, 0.1) is 11.7 Å². The number of amides is 2. The molecular weight excluding hydrogens is 424 g/mol. The fourth-order valence-electron chi connectivity index (χ4n) is 4.16. The van der Waals surface area contributed by atoms with Gasteiger partial charge in [-0.2, -0.15) is 0 Å². The number of carbonyl (C=O) groups is 2. The quantitative estimate of drug-likeness (QED) is 0.523. The fraction of sp³-hybridized carbons (Fsp3) is 0.154. The third-order valence-electron chi connectivity index (χ3n) is 5.78. The number of rotatable bonds is 3. The van der Waals surface area contributed by atoms with E-state index in [1.54, 1.807) is 48.5 Å². The SMILES string of the molecule is O=C1Nc2cc(C(=O)NC3CCCc4ccccc43)ccc2OC1=Cc1ccc(Cl)cc1. The highest BCUT2D eigenvalue weighted by Crippen LogP contribution is 2.33. The largest absolute Gasteiger partial charge is 0.449 e. The lowest BCUT2D eigenvalue weighted by atomic mass is 9.87. The van der Waals surface area contributed by atoms with E-state index in [9.17, 15) is 9.59 Å². The molecule has 1 heterocycles. The first kappa shape index (κ1) is 20.3. The lowest BCUT2D eigenvalue weighted by molar-refractivity contribution is -0.115. The van der Waals surface area contributed by atoms with Crippen molar-refractivity contribution in [1.29, 1.82) is 0 Å². The maximum absolute atomic E-state index is 12.9. The lowest BCUT2D eigenvalue weighted by Gasteiger charge is -2.26. The van der Waals surface area contributed by atoms with Gasteiger partial charge in [0.15, 0.2) is 11.5 Å². The molecule has 1 unspecified atom stereocenters. The first-order valence-electron chi connectivity index (χ1n) is 10.6. The molecule has 0 aromatic heterocycles. The second kappa shape index (κ2) is 8.52. The summed E-state index contributed by atoms with van der Waals surface area (Å²) in [4.78, 5) is 25.5. The van der Waals surface area contributed by atoms with Crippen molar-refractivity contribution in [3.05, 3.63) is 99.8 Å². The minimum absolute atomic E-state index is 0.0109. The molecule has 5 nitrogen and oxygen atoms in total. The van der Waals surface area contributed by atoms with Crippen LogP contribution in [0.4, 0.5) is 5.69 Å². The first-order chi connectivity index (χ1) is 15.6. The first-order valence-corrected chi connectivity index (χ1v) is 10.9. The van der Waals surface area contributed by atoms with E-state index < -0.39 is 0 Å². The van der Waals surface area contributed by atoms with Crippen molar-refractivity contribution in [2.75, 3.05) is 5.32 Å². The van der Waals surface area contributed by atoms with Crippen molar-refractivity contribution in [3.63, 3.8) is 0 Å². The summed E-state index contributed by atoms with van der Waals surface area (Å²) < 4.78 is 5.79. The second-order valence-electron chi connectivity index (χ2n) is 7.94. The number of aryl methyl sites for hydroxylation is 1. The van der Waals surface area contributed by atoms with Crippen LogP contribution in [0, 0.1) is 0 Å². The van der Waals surface area contributed by atoms with E-state index >= 15 is 0 Å².